The van der Waals surface area contributed by atoms with Gasteiger partial charge in [-0.05, 0) is 36.8 Å². The molecule has 0 amide bonds. The van der Waals surface area contributed by atoms with Gasteiger partial charge in [0, 0.05) is 27.8 Å². The van der Waals surface area contributed by atoms with Crippen LogP contribution in [0.3, 0.4) is 0 Å². The molecular weight excluding hydrogens is 428 g/mol. The third kappa shape index (κ3) is 6.11. The lowest BCUT2D eigenvalue weighted by atomic mass is 10.1. The summed E-state index contributed by atoms with van der Waals surface area (Å²) in [6.45, 7) is 8.74. The monoisotopic (exact) mass is 456 g/mol. The second kappa shape index (κ2) is 11.0. The van der Waals surface area contributed by atoms with E-state index in [2.05, 4.69) is 48.0 Å². The molecule has 0 unspecified atom stereocenters. The van der Waals surface area contributed by atoms with Crippen molar-refractivity contribution in [2.45, 2.75) is 38.1 Å². The van der Waals surface area contributed by atoms with Crippen LogP contribution >= 0.6 is 11.8 Å². The first-order valence-electron chi connectivity index (χ1n) is 11.1. The highest BCUT2D eigenvalue weighted by atomic mass is 32.2. The zero-order valence-electron chi connectivity index (χ0n) is 19.1. The number of hydrogen-bond donors (Lipinski definition) is 0. The van der Waals surface area contributed by atoms with Gasteiger partial charge < -0.3 is 4.52 Å². The van der Waals surface area contributed by atoms with E-state index in [1.807, 2.05) is 61.3 Å². The Morgan fingerprint density at radius 2 is 1.91 bits per heavy atom. The van der Waals surface area contributed by atoms with E-state index in [9.17, 15) is 0 Å². The maximum atomic E-state index is 5.59. The number of hydrogen-bond acceptors (Lipinski definition) is 6. The van der Waals surface area contributed by atoms with Crippen LogP contribution in [0.4, 0.5) is 0 Å². The first kappa shape index (κ1) is 22.8. The van der Waals surface area contributed by atoms with Crippen LogP contribution in [0.5, 0.6) is 0 Å². The number of benzene rings is 2. The van der Waals surface area contributed by atoms with Crippen molar-refractivity contribution in [2.24, 2.45) is 10.1 Å². The van der Waals surface area contributed by atoms with E-state index >= 15 is 0 Å². The van der Waals surface area contributed by atoms with Crippen molar-refractivity contribution in [2.75, 3.05) is 5.75 Å². The molecule has 0 N–H and O–H groups in total. The number of unbranched alkanes of at least 4 members (excludes halogenated alkanes) is 1. The molecule has 1 aliphatic heterocycles. The average Bonchev–Trinajstić information content (AvgIpc) is 3.31. The van der Waals surface area contributed by atoms with Crippen LogP contribution in [-0.4, -0.2) is 27.8 Å². The molecule has 0 bridgehead atoms. The third-order valence-corrected chi connectivity index (χ3v) is 6.33. The molecule has 1 aliphatic rings. The van der Waals surface area contributed by atoms with Gasteiger partial charge >= 0.3 is 0 Å². The lowest BCUT2D eigenvalue weighted by Gasteiger charge is -2.18. The molecule has 2 aromatic carbocycles. The Bertz CT molecular complexity index is 1180. The van der Waals surface area contributed by atoms with Gasteiger partial charge in [-0.3, -0.25) is 10.0 Å². The van der Waals surface area contributed by atoms with Crippen molar-refractivity contribution in [3.63, 3.8) is 0 Å². The molecule has 0 radical (unpaired) electrons. The predicted octanol–water partition coefficient (Wildman–Crippen LogP) is 6.94. The minimum Gasteiger partial charge on any atom is -0.359 e. The van der Waals surface area contributed by atoms with Gasteiger partial charge in [-0.25, -0.2) is 0 Å². The van der Waals surface area contributed by atoms with E-state index in [-0.39, 0.29) is 0 Å². The van der Waals surface area contributed by atoms with Crippen molar-refractivity contribution in [3.8, 4) is 11.3 Å². The number of aliphatic imine (C=N–C) groups is 1. The van der Waals surface area contributed by atoms with Crippen molar-refractivity contribution < 1.29 is 4.52 Å². The Morgan fingerprint density at radius 3 is 2.67 bits per heavy atom. The molecule has 0 fully saturated rings. The van der Waals surface area contributed by atoms with Crippen LogP contribution < -0.4 is 0 Å². The Morgan fingerprint density at radius 1 is 1.12 bits per heavy atom. The number of allylic oxidation sites excluding steroid dienone is 1. The number of nitrogens with zero attached hydrogens (tertiary/aromatic N) is 4. The summed E-state index contributed by atoms with van der Waals surface area (Å²) < 4.78 is 5.59. The van der Waals surface area contributed by atoms with Crippen LogP contribution in [0.25, 0.3) is 11.3 Å². The van der Waals surface area contributed by atoms with Crippen LogP contribution in [0.1, 0.15) is 38.0 Å². The van der Waals surface area contributed by atoms with E-state index in [0.717, 1.165) is 45.3 Å². The van der Waals surface area contributed by atoms with Gasteiger partial charge in [-0.1, -0.05) is 67.5 Å². The second-order valence-electron chi connectivity index (χ2n) is 7.85. The van der Waals surface area contributed by atoms with E-state index in [1.54, 1.807) is 11.2 Å². The summed E-state index contributed by atoms with van der Waals surface area (Å²) in [6.07, 6.45) is 6.07. The first-order chi connectivity index (χ1) is 16.1. The molecule has 2 heterocycles. The van der Waals surface area contributed by atoms with Gasteiger partial charge in [0.1, 0.15) is 12.2 Å². The Hall–Kier alpha value is -3.38. The fraction of sp³-hybridized carbons (Fsp3) is 0.222. The molecule has 1 aromatic heterocycles. The molecule has 6 heteroatoms. The normalized spacial score (nSPS) is 14.0. The van der Waals surface area contributed by atoms with Crippen molar-refractivity contribution in [1.29, 1.82) is 0 Å². The summed E-state index contributed by atoms with van der Waals surface area (Å²) in [5.74, 6) is 1.88. The molecule has 4 rings (SSSR count). The van der Waals surface area contributed by atoms with Crippen LogP contribution in [0.2, 0.25) is 0 Å². The molecule has 0 atom stereocenters. The smallest absolute Gasteiger partial charge is 0.158 e. The summed E-state index contributed by atoms with van der Waals surface area (Å²) >= 11 is 1.89. The van der Waals surface area contributed by atoms with E-state index in [1.165, 1.54) is 17.7 Å². The van der Waals surface area contributed by atoms with Gasteiger partial charge in [0.05, 0.1) is 18.1 Å². The maximum absolute atomic E-state index is 5.59. The van der Waals surface area contributed by atoms with Crippen molar-refractivity contribution >= 4 is 23.7 Å². The molecule has 0 aliphatic carbocycles. The van der Waals surface area contributed by atoms with Crippen molar-refractivity contribution in [3.05, 3.63) is 96.0 Å². The number of thioether (sulfide) groups is 1. The summed E-state index contributed by atoms with van der Waals surface area (Å²) in [5.41, 5.74) is 5.42. The van der Waals surface area contributed by atoms with E-state index in [4.69, 9.17) is 9.52 Å². The SMILES string of the molecule is C=C1C=NN(Cc2cc(-c3ccc(SCCCC)cc3)no2)C=C1N=C(C)c1ccccc1. The molecule has 3 aromatic rings. The molecule has 0 spiro atoms. The first-order valence-corrected chi connectivity index (χ1v) is 12.1. The van der Waals surface area contributed by atoms with Gasteiger partial charge in [0.15, 0.2) is 5.76 Å². The number of aromatic nitrogens is 1. The zero-order chi connectivity index (χ0) is 23.0. The van der Waals surface area contributed by atoms with Crippen LogP contribution in [0.15, 0.2) is 104 Å². The lowest BCUT2D eigenvalue weighted by Crippen LogP contribution is -2.15. The van der Waals surface area contributed by atoms with Gasteiger partial charge in [0.25, 0.3) is 0 Å². The average molecular weight is 457 g/mol. The molecular formula is C27H28N4OS. The predicted molar refractivity (Wildman–Crippen MR) is 137 cm³/mol. The van der Waals surface area contributed by atoms with Gasteiger partial charge in [0.2, 0.25) is 0 Å². The standard InChI is InChI=1S/C27H28N4OS/c1-4-5-15-33-25-13-11-23(12-14-25)26-16-24(32-30-26)18-31-19-27(20(2)17-28-31)29-21(3)22-9-7-6-8-10-22/h6-14,16-17,19H,2,4-5,15,18H2,1,3H3. The van der Waals surface area contributed by atoms with Gasteiger partial charge in [-0.15, -0.1) is 11.8 Å². The van der Waals surface area contributed by atoms with Crippen molar-refractivity contribution in [1.82, 2.24) is 10.2 Å². The number of rotatable bonds is 9. The Labute approximate surface area is 199 Å². The molecule has 33 heavy (non-hydrogen) atoms. The van der Waals surface area contributed by atoms with Crippen LogP contribution in [0, 0.1) is 0 Å². The summed E-state index contributed by atoms with van der Waals surface area (Å²) in [5, 5.41) is 10.5. The highest BCUT2D eigenvalue weighted by molar-refractivity contribution is 7.99. The Balaban J connectivity index is 1.43. The fourth-order valence-corrected chi connectivity index (χ4v) is 4.32. The molecule has 168 valence electrons. The fourth-order valence-electron chi connectivity index (χ4n) is 3.32. The summed E-state index contributed by atoms with van der Waals surface area (Å²) in [7, 11) is 0. The second-order valence-corrected chi connectivity index (χ2v) is 9.02. The highest BCUT2D eigenvalue weighted by Gasteiger charge is 2.14. The third-order valence-electron chi connectivity index (χ3n) is 5.24. The molecule has 5 nitrogen and oxygen atoms in total. The summed E-state index contributed by atoms with van der Waals surface area (Å²) in [4.78, 5) is 6.04. The topological polar surface area (TPSA) is 54.0 Å². The Kier molecular flexibility index (Phi) is 7.58. The van der Waals surface area contributed by atoms with Gasteiger partial charge in [-0.2, -0.15) is 5.10 Å². The molecule has 0 saturated heterocycles. The van der Waals surface area contributed by atoms with E-state index in [0.29, 0.717) is 6.54 Å². The summed E-state index contributed by atoms with van der Waals surface area (Å²) in [6, 6.07) is 20.5. The van der Waals surface area contributed by atoms with E-state index < -0.39 is 0 Å². The minimum absolute atomic E-state index is 0.463. The molecule has 0 saturated carbocycles. The van der Waals surface area contributed by atoms with Crippen LogP contribution in [-0.2, 0) is 6.54 Å². The zero-order valence-corrected chi connectivity index (χ0v) is 19.9. The lowest BCUT2D eigenvalue weighted by molar-refractivity contribution is 0.305. The quantitative estimate of drug-likeness (QED) is 0.199. The minimum atomic E-state index is 0.463. The maximum Gasteiger partial charge on any atom is 0.158 e. The highest BCUT2D eigenvalue weighted by Crippen LogP contribution is 2.26. The number of hydrazone groups is 1. The largest absolute Gasteiger partial charge is 0.359 e.